The Morgan fingerprint density at radius 3 is 1.36 bits per heavy atom. The maximum atomic E-state index is 13.5. The highest BCUT2D eigenvalue weighted by Gasteiger charge is 2.46. The molecule has 10 nitrogen and oxygen atoms in total. The number of benzene rings is 2. The molecule has 2 aromatic rings. The van der Waals surface area contributed by atoms with Crippen LogP contribution < -0.4 is 9.80 Å². The Labute approximate surface area is 206 Å². The second-order valence-corrected chi connectivity index (χ2v) is 7.81. The number of amides is 2. The van der Waals surface area contributed by atoms with Crippen molar-refractivity contribution in [2.45, 2.75) is 26.7 Å². The summed E-state index contributed by atoms with van der Waals surface area (Å²) in [6, 6.07) is 12.3. The number of hydrogen-bond acceptors (Lipinski definition) is 8. The molecular weight excluding hydrogens is 468 g/mol. The molecule has 4 rings (SSSR count). The van der Waals surface area contributed by atoms with Gasteiger partial charge in [-0.05, 0) is 38.1 Å². The van der Waals surface area contributed by atoms with E-state index >= 15 is 0 Å². The topological polar surface area (TPSA) is 127 Å². The minimum atomic E-state index is -0.809. The first kappa shape index (κ1) is 24.5. The van der Waals surface area contributed by atoms with Gasteiger partial charge in [-0.3, -0.25) is 38.6 Å². The molecule has 0 bridgehead atoms. The van der Waals surface area contributed by atoms with Crippen molar-refractivity contribution in [2.75, 3.05) is 23.0 Å². The minimum absolute atomic E-state index is 0.0551. The van der Waals surface area contributed by atoms with Gasteiger partial charge in [-0.2, -0.15) is 0 Å². The van der Waals surface area contributed by atoms with Crippen molar-refractivity contribution in [1.29, 1.82) is 0 Å². The van der Waals surface area contributed by atoms with Gasteiger partial charge in [0.2, 0.25) is 23.4 Å². The van der Waals surface area contributed by atoms with Crippen LogP contribution in [0.5, 0.6) is 0 Å². The number of nitrogens with zero attached hydrogens (tertiary/aromatic N) is 2. The summed E-state index contributed by atoms with van der Waals surface area (Å²) in [6.07, 6.45) is -1.38. The number of rotatable bonds is 6. The summed E-state index contributed by atoms with van der Waals surface area (Å²) in [7, 11) is 0. The first-order valence-corrected chi connectivity index (χ1v) is 11.3. The van der Waals surface area contributed by atoms with Crippen molar-refractivity contribution >= 4 is 46.7 Å². The number of carbonyl (C=O) groups is 6. The van der Waals surface area contributed by atoms with Gasteiger partial charge in [0.15, 0.2) is 0 Å². The summed E-state index contributed by atoms with van der Waals surface area (Å²) in [6.45, 7) is 3.29. The first-order chi connectivity index (χ1) is 17.3. The zero-order valence-corrected chi connectivity index (χ0v) is 19.6. The molecule has 2 aromatic carbocycles. The second-order valence-electron chi connectivity index (χ2n) is 7.81. The molecule has 2 aliphatic rings. The second kappa shape index (κ2) is 9.95. The van der Waals surface area contributed by atoms with Crippen LogP contribution in [0.2, 0.25) is 0 Å². The summed E-state index contributed by atoms with van der Waals surface area (Å²) in [5.41, 5.74) is -0.160. The van der Waals surface area contributed by atoms with Crippen LogP contribution in [0.15, 0.2) is 59.9 Å². The molecule has 0 N–H and O–H groups in total. The summed E-state index contributed by atoms with van der Waals surface area (Å²) in [5, 5.41) is 0. The summed E-state index contributed by atoms with van der Waals surface area (Å²) < 4.78 is 9.75. The highest BCUT2D eigenvalue weighted by atomic mass is 16.5. The zero-order valence-electron chi connectivity index (χ0n) is 19.6. The lowest BCUT2D eigenvalue weighted by Crippen LogP contribution is -2.38. The van der Waals surface area contributed by atoms with Gasteiger partial charge in [0, 0.05) is 11.1 Å². The number of ether oxygens (including phenoxy) is 2. The molecule has 2 aliphatic heterocycles. The largest absolute Gasteiger partial charge is 0.466 e. The molecule has 0 fully saturated rings. The highest BCUT2D eigenvalue weighted by Crippen LogP contribution is 2.43. The standard InChI is InChI=1S/C26H22N2O8/c1-3-35-21(31)13-19(29)27-17-11-7-5-9-15(17)25(33)23(27)24-26(34)16-10-6-8-12-18(16)28(24)20(30)14-22(32)36-4-2/h5-12H,3-4,13-14H2,1-2H3. The molecule has 10 heteroatoms. The fourth-order valence-electron chi connectivity index (χ4n) is 4.19. The average Bonchev–Trinajstić information content (AvgIpc) is 3.30. The lowest BCUT2D eigenvalue weighted by atomic mass is 10.1. The smallest absolute Gasteiger partial charge is 0.315 e. The van der Waals surface area contributed by atoms with E-state index in [0.717, 1.165) is 9.80 Å². The number of Topliss-reactive ketones (excluding diaryl/α,β-unsaturated/α-hetero) is 2. The third-order valence-corrected chi connectivity index (χ3v) is 5.58. The highest BCUT2D eigenvalue weighted by molar-refractivity contribution is 6.34. The van der Waals surface area contributed by atoms with Crippen molar-refractivity contribution in [1.82, 2.24) is 0 Å². The number of anilines is 2. The first-order valence-electron chi connectivity index (χ1n) is 11.3. The van der Waals surface area contributed by atoms with Gasteiger partial charge in [-0.15, -0.1) is 0 Å². The number of hydrogen-bond donors (Lipinski definition) is 0. The van der Waals surface area contributed by atoms with Crippen LogP contribution in [0.3, 0.4) is 0 Å². The van der Waals surface area contributed by atoms with Crippen LogP contribution in [-0.2, 0) is 28.7 Å². The van der Waals surface area contributed by atoms with Crippen LogP contribution in [0.4, 0.5) is 11.4 Å². The summed E-state index contributed by atoms with van der Waals surface area (Å²) in [4.78, 5) is 79.7. The van der Waals surface area contributed by atoms with Crippen LogP contribution in [0, 0.1) is 0 Å². The predicted molar refractivity (Wildman–Crippen MR) is 126 cm³/mol. The summed E-state index contributed by atoms with van der Waals surface area (Å²) in [5.74, 6) is -4.58. The van der Waals surface area contributed by atoms with E-state index in [9.17, 15) is 28.8 Å². The van der Waals surface area contributed by atoms with Gasteiger partial charge >= 0.3 is 11.9 Å². The predicted octanol–water partition coefficient (Wildman–Crippen LogP) is 2.56. The van der Waals surface area contributed by atoms with Crippen molar-refractivity contribution in [3.8, 4) is 0 Å². The minimum Gasteiger partial charge on any atom is -0.466 e. The normalized spacial score (nSPS) is 16.1. The average molecular weight is 490 g/mol. The van der Waals surface area contributed by atoms with E-state index in [1.54, 1.807) is 38.1 Å². The van der Waals surface area contributed by atoms with Crippen LogP contribution in [0.1, 0.15) is 47.4 Å². The van der Waals surface area contributed by atoms with Crippen LogP contribution in [0.25, 0.3) is 0 Å². The fourth-order valence-corrected chi connectivity index (χ4v) is 4.19. The third kappa shape index (κ3) is 4.17. The molecule has 0 aromatic heterocycles. The maximum Gasteiger partial charge on any atom is 0.315 e. The van der Waals surface area contributed by atoms with E-state index in [4.69, 9.17) is 9.47 Å². The summed E-state index contributed by atoms with van der Waals surface area (Å²) >= 11 is 0. The van der Waals surface area contributed by atoms with E-state index in [1.807, 2.05) is 0 Å². The SMILES string of the molecule is CCOC(=O)CC(=O)N1C(=C2C(=O)c3ccccc3N2C(=O)CC(=O)OCC)C(=O)c2ccccc21. The molecule has 0 aliphatic carbocycles. The van der Waals surface area contributed by atoms with E-state index in [-0.39, 0.29) is 47.1 Å². The third-order valence-electron chi connectivity index (χ3n) is 5.58. The van der Waals surface area contributed by atoms with Gasteiger partial charge in [0.05, 0.1) is 24.6 Å². The Morgan fingerprint density at radius 1 is 0.639 bits per heavy atom. The zero-order chi connectivity index (χ0) is 26.0. The molecular formula is C26H22N2O8. The van der Waals surface area contributed by atoms with Crippen LogP contribution >= 0.6 is 0 Å². The van der Waals surface area contributed by atoms with E-state index in [1.165, 1.54) is 24.3 Å². The molecule has 0 saturated carbocycles. The number of esters is 2. The molecule has 2 amide bonds. The molecule has 184 valence electrons. The Bertz CT molecular complexity index is 1240. The number of carbonyl (C=O) groups excluding carboxylic acids is 6. The van der Waals surface area contributed by atoms with Crippen molar-refractivity contribution < 1.29 is 38.2 Å². The van der Waals surface area contributed by atoms with Gasteiger partial charge in [-0.25, -0.2) is 0 Å². The van der Waals surface area contributed by atoms with E-state index in [2.05, 4.69) is 0 Å². The number of allylic oxidation sites excluding steroid dienone is 2. The molecule has 0 radical (unpaired) electrons. The molecule has 0 atom stereocenters. The number of para-hydroxylation sites is 2. The fraction of sp³-hybridized carbons (Fsp3) is 0.231. The van der Waals surface area contributed by atoms with Gasteiger partial charge < -0.3 is 9.47 Å². The lowest BCUT2D eigenvalue weighted by molar-refractivity contribution is -0.147. The molecule has 0 spiro atoms. The Balaban J connectivity index is 1.90. The lowest BCUT2D eigenvalue weighted by Gasteiger charge is -2.24. The molecule has 2 heterocycles. The van der Waals surface area contributed by atoms with Crippen LogP contribution in [-0.4, -0.2) is 48.5 Å². The Morgan fingerprint density at radius 2 is 1.00 bits per heavy atom. The van der Waals surface area contributed by atoms with Crippen molar-refractivity contribution in [3.63, 3.8) is 0 Å². The van der Waals surface area contributed by atoms with Gasteiger partial charge in [0.25, 0.3) is 0 Å². The number of fused-ring (bicyclic) bond motifs is 2. The quantitative estimate of drug-likeness (QED) is 0.343. The van der Waals surface area contributed by atoms with Gasteiger partial charge in [0.1, 0.15) is 24.2 Å². The maximum absolute atomic E-state index is 13.5. The molecule has 0 saturated heterocycles. The van der Waals surface area contributed by atoms with E-state index in [0.29, 0.717) is 0 Å². The Kier molecular flexibility index (Phi) is 6.77. The monoisotopic (exact) mass is 490 g/mol. The van der Waals surface area contributed by atoms with E-state index < -0.39 is 48.2 Å². The molecule has 36 heavy (non-hydrogen) atoms. The molecule has 0 unspecified atom stereocenters. The Hall–Kier alpha value is -4.60. The van der Waals surface area contributed by atoms with Crippen molar-refractivity contribution in [3.05, 3.63) is 71.1 Å². The van der Waals surface area contributed by atoms with Gasteiger partial charge in [-0.1, -0.05) is 24.3 Å². The number of ketones is 2. The van der Waals surface area contributed by atoms with Crippen molar-refractivity contribution in [2.24, 2.45) is 0 Å².